The molecular formula is C12H11IN2. The number of benzene rings is 1. The third kappa shape index (κ3) is 1.80. The lowest BCUT2D eigenvalue weighted by molar-refractivity contribution is 0.644. The van der Waals surface area contributed by atoms with Crippen molar-refractivity contribution in [3.63, 3.8) is 0 Å². The Morgan fingerprint density at radius 2 is 1.93 bits per heavy atom. The Hall–Kier alpha value is -0.840. The van der Waals surface area contributed by atoms with E-state index in [1.807, 2.05) is 6.07 Å². The van der Waals surface area contributed by atoms with Gasteiger partial charge in [-0.3, -0.25) is 4.68 Å². The van der Waals surface area contributed by atoms with Gasteiger partial charge in [-0.2, -0.15) is 5.10 Å². The minimum absolute atomic E-state index is 0.642. The summed E-state index contributed by atoms with van der Waals surface area (Å²) in [6.07, 6.45) is 2.55. The summed E-state index contributed by atoms with van der Waals surface area (Å²) in [5.74, 6) is 0. The lowest BCUT2D eigenvalue weighted by atomic mass is 10.1. The quantitative estimate of drug-likeness (QED) is 0.777. The van der Waals surface area contributed by atoms with Crippen LogP contribution in [0.3, 0.4) is 0 Å². The van der Waals surface area contributed by atoms with Gasteiger partial charge >= 0.3 is 0 Å². The molecule has 0 aliphatic heterocycles. The van der Waals surface area contributed by atoms with Crippen LogP contribution in [0, 0.1) is 3.70 Å². The zero-order valence-electron chi connectivity index (χ0n) is 8.23. The molecule has 1 aromatic heterocycles. The van der Waals surface area contributed by atoms with E-state index in [2.05, 4.69) is 62.7 Å². The van der Waals surface area contributed by atoms with Crippen LogP contribution >= 0.6 is 22.6 Å². The van der Waals surface area contributed by atoms with Gasteiger partial charge in [-0.15, -0.1) is 0 Å². The first-order chi connectivity index (χ1) is 7.34. The van der Waals surface area contributed by atoms with Crippen LogP contribution in [0.5, 0.6) is 0 Å². The normalized spacial score (nSPS) is 15.5. The second kappa shape index (κ2) is 3.63. The molecule has 1 aliphatic carbocycles. The number of nitrogens with zero attached hydrogens (tertiary/aromatic N) is 2. The summed E-state index contributed by atoms with van der Waals surface area (Å²) >= 11 is 2.28. The van der Waals surface area contributed by atoms with Crippen LogP contribution in [-0.4, -0.2) is 9.78 Å². The highest BCUT2D eigenvalue weighted by molar-refractivity contribution is 14.1. The number of hydrogen-bond donors (Lipinski definition) is 0. The van der Waals surface area contributed by atoms with Gasteiger partial charge in [0.05, 0.1) is 11.7 Å². The molecule has 0 N–H and O–H groups in total. The summed E-state index contributed by atoms with van der Waals surface area (Å²) in [7, 11) is 0. The van der Waals surface area contributed by atoms with Gasteiger partial charge in [0.1, 0.15) is 3.70 Å². The molecule has 0 atom stereocenters. The SMILES string of the molecule is Ic1cc(-c2ccccc2)n(C2CC2)n1. The maximum atomic E-state index is 4.55. The van der Waals surface area contributed by atoms with Crippen molar-refractivity contribution in [3.8, 4) is 11.3 Å². The summed E-state index contributed by atoms with van der Waals surface area (Å²) in [5.41, 5.74) is 2.52. The van der Waals surface area contributed by atoms with E-state index in [-0.39, 0.29) is 0 Å². The molecule has 1 aliphatic rings. The summed E-state index contributed by atoms with van der Waals surface area (Å²) in [4.78, 5) is 0. The molecule has 76 valence electrons. The van der Waals surface area contributed by atoms with E-state index in [1.54, 1.807) is 0 Å². The third-order valence-corrected chi connectivity index (χ3v) is 3.20. The molecule has 2 nitrogen and oxygen atoms in total. The Bertz CT molecular complexity index is 472. The fraction of sp³-hybridized carbons (Fsp3) is 0.250. The average Bonchev–Trinajstić information content (AvgIpc) is 3.03. The molecule has 3 rings (SSSR count). The first kappa shape index (κ1) is 9.39. The lowest BCUT2D eigenvalue weighted by Gasteiger charge is -2.04. The van der Waals surface area contributed by atoms with Crippen molar-refractivity contribution in [1.82, 2.24) is 9.78 Å². The Balaban J connectivity index is 2.10. The molecule has 15 heavy (non-hydrogen) atoms. The molecule has 1 heterocycles. The molecule has 0 spiro atoms. The first-order valence-corrected chi connectivity index (χ1v) is 6.23. The standard InChI is InChI=1S/C12H11IN2/c13-12-8-11(9-4-2-1-3-5-9)15(14-12)10-6-7-10/h1-5,8,10H,6-7H2. The van der Waals surface area contributed by atoms with E-state index in [0.717, 1.165) is 3.70 Å². The van der Waals surface area contributed by atoms with Gasteiger partial charge in [0.25, 0.3) is 0 Å². The predicted molar refractivity (Wildman–Crippen MR) is 68.7 cm³/mol. The average molecular weight is 310 g/mol. The monoisotopic (exact) mass is 310 g/mol. The molecule has 0 bridgehead atoms. The topological polar surface area (TPSA) is 17.8 Å². The number of halogens is 1. The minimum Gasteiger partial charge on any atom is -0.261 e. The van der Waals surface area contributed by atoms with Crippen molar-refractivity contribution in [3.05, 3.63) is 40.1 Å². The molecule has 1 fully saturated rings. The van der Waals surface area contributed by atoms with Gasteiger partial charge in [-0.25, -0.2) is 0 Å². The first-order valence-electron chi connectivity index (χ1n) is 5.15. The maximum absolute atomic E-state index is 4.55. The number of hydrogen-bond acceptors (Lipinski definition) is 1. The van der Waals surface area contributed by atoms with Crippen molar-refractivity contribution in [2.75, 3.05) is 0 Å². The Morgan fingerprint density at radius 1 is 1.20 bits per heavy atom. The Kier molecular flexibility index (Phi) is 2.27. The fourth-order valence-corrected chi connectivity index (χ4v) is 2.31. The van der Waals surface area contributed by atoms with E-state index < -0.39 is 0 Å². The molecular weight excluding hydrogens is 299 g/mol. The highest BCUT2D eigenvalue weighted by Gasteiger charge is 2.27. The van der Waals surface area contributed by atoms with Gasteiger partial charge in [-0.1, -0.05) is 30.3 Å². The second-order valence-electron chi connectivity index (χ2n) is 3.89. The van der Waals surface area contributed by atoms with E-state index in [4.69, 9.17) is 0 Å². The Morgan fingerprint density at radius 3 is 2.60 bits per heavy atom. The van der Waals surface area contributed by atoms with Gasteiger partial charge in [0, 0.05) is 0 Å². The van der Waals surface area contributed by atoms with E-state index in [0.29, 0.717) is 6.04 Å². The van der Waals surface area contributed by atoms with Crippen molar-refractivity contribution < 1.29 is 0 Å². The van der Waals surface area contributed by atoms with E-state index in [9.17, 15) is 0 Å². The zero-order chi connectivity index (χ0) is 10.3. The van der Waals surface area contributed by atoms with Crippen LogP contribution in [0.2, 0.25) is 0 Å². The van der Waals surface area contributed by atoms with Crippen LogP contribution in [0.1, 0.15) is 18.9 Å². The highest BCUT2D eigenvalue weighted by atomic mass is 127. The molecule has 1 aromatic carbocycles. The van der Waals surface area contributed by atoms with Crippen LogP contribution in [0.25, 0.3) is 11.3 Å². The van der Waals surface area contributed by atoms with Crippen molar-refractivity contribution >= 4 is 22.6 Å². The summed E-state index contributed by atoms with van der Waals surface area (Å²) < 4.78 is 3.26. The molecule has 1 saturated carbocycles. The largest absolute Gasteiger partial charge is 0.261 e. The number of aromatic nitrogens is 2. The molecule has 0 radical (unpaired) electrons. The molecule has 3 heteroatoms. The third-order valence-electron chi connectivity index (χ3n) is 2.67. The molecule has 0 amide bonds. The van der Waals surface area contributed by atoms with Crippen LogP contribution in [0.15, 0.2) is 36.4 Å². The van der Waals surface area contributed by atoms with Gasteiger partial charge in [0.15, 0.2) is 0 Å². The van der Waals surface area contributed by atoms with Crippen LogP contribution in [0.4, 0.5) is 0 Å². The van der Waals surface area contributed by atoms with E-state index >= 15 is 0 Å². The molecule has 0 unspecified atom stereocenters. The lowest BCUT2D eigenvalue weighted by Crippen LogP contribution is -1.98. The summed E-state index contributed by atoms with van der Waals surface area (Å²) in [6, 6.07) is 13.3. The van der Waals surface area contributed by atoms with Crippen molar-refractivity contribution in [1.29, 1.82) is 0 Å². The van der Waals surface area contributed by atoms with Crippen LogP contribution < -0.4 is 0 Å². The predicted octanol–water partition coefficient (Wildman–Crippen LogP) is 3.49. The molecule has 2 aromatic rings. The summed E-state index contributed by atoms with van der Waals surface area (Å²) in [6.45, 7) is 0. The second-order valence-corrected chi connectivity index (χ2v) is 5.00. The Labute approximate surface area is 102 Å². The van der Waals surface area contributed by atoms with Crippen molar-refractivity contribution in [2.24, 2.45) is 0 Å². The summed E-state index contributed by atoms with van der Waals surface area (Å²) in [5, 5.41) is 4.55. The zero-order valence-corrected chi connectivity index (χ0v) is 10.4. The molecule has 0 saturated heterocycles. The number of rotatable bonds is 2. The maximum Gasteiger partial charge on any atom is 0.124 e. The van der Waals surface area contributed by atoms with Crippen molar-refractivity contribution in [2.45, 2.75) is 18.9 Å². The minimum atomic E-state index is 0.642. The van der Waals surface area contributed by atoms with Crippen LogP contribution in [-0.2, 0) is 0 Å². The van der Waals surface area contributed by atoms with Gasteiger partial charge < -0.3 is 0 Å². The highest BCUT2D eigenvalue weighted by Crippen LogP contribution is 2.38. The van der Waals surface area contributed by atoms with Gasteiger partial charge in [0.2, 0.25) is 0 Å². The van der Waals surface area contributed by atoms with Gasteiger partial charge in [-0.05, 0) is 47.1 Å². The smallest absolute Gasteiger partial charge is 0.124 e. The van der Waals surface area contributed by atoms with E-state index in [1.165, 1.54) is 24.1 Å². The fourth-order valence-electron chi connectivity index (χ4n) is 1.79.